The molecule has 0 radical (unpaired) electrons. The maximum atomic E-state index is 11.7. The molecule has 1 N–H and O–H groups in total. The van der Waals surface area contributed by atoms with Crippen LogP contribution in [0.5, 0.6) is 0 Å². The number of hydrogen-bond donors (Lipinski definition) is 1. The summed E-state index contributed by atoms with van der Waals surface area (Å²) in [5.74, 6) is -0.356. The summed E-state index contributed by atoms with van der Waals surface area (Å²) in [5, 5.41) is 9.59. The van der Waals surface area contributed by atoms with Crippen molar-refractivity contribution in [3.8, 4) is 0 Å². The van der Waals surface area contributed by atoms with Crippen LogP contribution in [-0.2, 0) is 0 Å². The van der Waals surface area contributed by atoms with Crippen LogP contribution >= 0.6 is 0 Å². The molecular formula is C15H20N4O2. The first-order valence-corrected chi connectivity index (χ1v) is 7.23. The van der Waals surface area contributed by atoms with Crippen LogP contribution in [-0.4, -0.2) is 58.1 Å². The predicted octanol–water partition coefficient (Wildman–Crippen LogP) is 1.56. The lowest BCUT2D eigenvalue weighted by Gasteiger charge is -2.28. The van der Waals surface area contributed by atoms with Crippen molar-refractivity contribution in [2.75, 3.05) is 31.6 Å². The van der Waals surface area contributed by atoms with E-state index in [1.165, 1.54) is 0 Å². The lowest BCUT2D eigenvalue weighted by Crippen LogP contribution is -2.39. The van der Waals surface area contributed by atoms with E-state index >= 15 is 0 Å². The number of rotatable bonds is 2. The van der Waals surface area contributed by atoms with Gasteiger partial charge in [0.2, 0.25) is 0 Å². The third-order valence-electron chi connectivity index (χ3n) is 4.03. The Morgan fingerprint density at radius 1 is 1.38 bits per heavy atom. The fraction of sp³-hybridized carbons (Fsp3) is 0.467. The highest BCUT2D eigenvalue weighted by atomic mass is 16.4. The molecule has 1 fully saturated rings. The molecule has 1 unspecified atom stereocenters. The molecule has 0 saturated carbocycles. The number of fused-ring (bicyclic) bond motifs is 1. The summed E-state index contributed by atoms with van der Waals surface area (Å²) >= 11 is 0. The number of hydrogen-bond acceptors (Lipinski definition) is 4. The molecule has 2 aromatic heterocycles. The summed E-state index contributed by atoms with van der Waals surface area (Å²) in [5.41, 5.74) is 0.928. The zero-order chi connectivity index (χ0) is 15.0. The maximum Gasteiger partial charge on any atom is 0.356 e. The largest absolute Gasteiger partial charge is 0.476 e. The molecule has 0 aliphatic carbocycles. The van der Waals surface area contributed by atoms with Crippen molar-refractivity contribution in [2.45, 2.75) is 19.4 Å². The Balaban J connectivity index is 2.10. The number of pyridine rings is 1. The van der Waals surface area contributed by atoms with Crippen molar-refractivity contribution in [3.63, 3.8) is 0 Å². The Labute approximate surface area is 123 Å². The van der Waals surface area contributed by atoms with E-state index < -0.39 is 5.97 Å². The van der Waals surface area contributed by atoms with Gasteiger partial charge in [0, 0.05) is 25.3 Å². The topological polar surface area (TPSA) is 61.1 Å². The number of aromatic carboxylic acids is 1. The number of carboxylic acid groups (broad SMARTS) is 1. The minimum atomic E-state index is -0.937. The number of carboxylic acids is 1. The Morgan fingerprint density at radius 3 is 2.95 bits per heavy atom. The number of carbonyl (C=O) groups is 1. The number of anilines is 1. The van der Waals surface area contributed by atoms with Gasteiger partial charge in [-0.3, -0.25) is 4.40 Å². The molecule has 0 aromatic carbocycles. The minimum Gasteiger partial charge on any atom is -0.476 e. The molecule has 0 spiro atoms. The first-order chi connectivity index (χ1) is 10.1. The Morgan fingerprint density at radius 2 is 2.19 bits per heavy atom. The summed E-state index contributed by atoms with van der Waals surface area (Å²) in [6.45, 7) is 4.89. The predicted molar refractivity (Wildman–Crippen MR) is 81.1 cm³/mol. The average Bonchev–Trinajstić information content (AvgIpc) is 2.73. The molecule has 1 atom stereocenters. The van der Waals surface area contributed by atoms with Crippen LogP contribution in [0.2, 0.25) is 0 Å². The van der Waals surface area contributed by atoms with Gasteiger partial charge in [-0.15, -0.1) is 0 Å². The van der Waals surface area contributed by atoms with Crippen molar-refractivity contribution in [1.29, 1.82) is 0 Å². The van der Waals surface area contributed by atoms with Gasteiger partial charge in [0.05, 0.1) is 0 Å². The van der Waals surface area contributed by atoms with Gasteiger partial charge in [0.15, 0.2) is 11.5 Å². The highest BCUT2D eigenvalue weighted by molar-refractivity contribution is 5.93. The molecule has 0 bridgehead atoms. The van der Waals surface area contributed by atoms with Crippen LogP contribution < -0.4 is 4.90 Å². The highest BCUT2D eigenvalue weighted by Crippen LogP contribution is 2.25. The van der Waals surface area contributed by atoms with Crippen molar-refractivity contribution >= 4 is 17.4 Å². The van der Waals surface area contributed by atoms with E-state index in [2.05, 4.69) is 28.8 Å². The molecular weight excluding hydrogens is 268 g/mol. The first-order valence-electron chi connectivity index (χ1n) is 7.23. The van der Waals surface area contributed by atoms with Gasteiger partial charge in [-0.2, -0.15) is 0 Å². The van der Waals surface area contributed by atoms with Gasteiger partial charge in [-0.25, -0.2) is 9.78 Å². The summed E-state index contributed by atoms with van der Waals surface area (Å²) in [6.07, 6.45) is 2.76. The zero-order valence-electron chi connectivity index (χ0n) is 12.4. The second-order valence-electron chi connectivity index (χ2n) is 5.68. The zero-order valence-corrected chi connectivity index (χ0v) is 12.4. The Kier molecular flexibility index (Phi) is 3.55. The van der Waals surface area contributed by atoms with Crippen LogP contribution in [0.25, 0.3) is 5.65 Å². The van der Waals surface area contributed by atoms with Gasteiger partial charge in [0.1, 0.15) is 5.65 Å². The van der Waals surface area contributed by atoms with Gasteiger partial charge in [-0.05, 0) is 39.1 Å². The quantitative estimate of drug-likeness (QED) is 0.909. The van der Waals surface area contributed by atoms with E-state index in [0.717, 1.165) is 26.1 Å². The fourth-order valence-corrected chi connectivity index (χ4v) is 3.07. The molecule has 3 heterocycles. The summed E-state index contributed by atoms with van der Waals surface area (Å²) in [7, 11) is 2.10. The van der Waals surface area contributed by atoms with Crippen molar-refractivity contribution < 1.29 is 9.90 Å². The van der Waals surface area contributed by atoms with Crippen molar-refractivity contribution in [3.05, 3.63) is 30.1 Å². The smallest absolute Gasteiger partial charge is 0.356 e. The van der Waals surface area contributed by atoms with Gasteiger partial charge < -0.3 is 14.9 Å². The van der Waals surface area contributed by atoms with Crippen LogP contribution in [0.3, 0.4) is 0 Å². The number of nitrogens with zero attached hydrogens (tertiary/aromatic N) is 4. The summed E-state index contributed by atoms with van der Waals surface area (Å²) < 4.78 is 1.65. The lowest BCUT2D eigenvalue weighted by molar-refractivity contribution is 0.0690. The molecule has 112 valence electrons. The van der Waals surface area contributed by atoms with E-state index in [-0.39, 0.29) is 11.7 Å². The summed E-state index contributed by atoms with van der Waals surface area (Å²) in [4.78, 5) is 20.7. The second-order valence-corrected chi connectivity index (χ2v) is 5.68. The number of likely N-dealkylation sites (N-methyl/N-ethyl adjacent to an activating group) is 1. The normalized spacial score (nSPS) is 20.7. The van der Waals surface area contributed by atoms with E-state index in [1.54, 1.807) is 10.6 Å². The average molecular weight is 288 g/mol. The maximum absolute atomic E-state index is 11.7. The molecule has 1 saturated heterocycles. The Hall–Kier alpha value is -2.08. The third kappa shape index (κ3) is 2.47. The molecule has 1 aliphatic heterocycles. The molecule has 21 heavy (non-hydrogen) atoms. The van der Waals surface area contributed by atoms with Crippen LogP contribution in [0.15, 0.2) is 24.4 Å². The standard InChI is InChI=1S/C15H20N4O2/c1-11-10-17(2)7-5-9-18(11)14-13(15(20)21)19-8-4-3-6-12(19)16-14/h3-4,6,8,11H,5,7,9-10H2,1-2H3,(H,20,21). The highest BCUT2D eigenvalue weighted by Gasteiger charge is 2.28. The molecule has 3 rings (SSSR count). The molecule has 1 aliphatic rings. The van der Waals surface area contributed by atoms with Gasteiger partial charge in [-0.1, -0.05) is 6.07 Å². The van der Waals surface area contributed by atoms with Crippen LogP contribution in [0, 0.1) is 0 Å². The number of imidazole rings is 1. The molecule has 0 amide bonds. The second kappa shape index (κ2) is 5.37. The Bertz CT molecular complexity index is 667. The van der Waals surface area contributed by atoms with Gasteiger partial charge in [0.25, 0.3) is 0 Å². The minimum absolute atomic E-state index is 0.237. The lowest BCUT2D eigenvalue weighted by atomic mass is 10.2. The van der Waals surface area contributed by atoms with E-state index in [9.17, 15) is 9.90 Å². The fourth-order valence-electron chi connectivity index (χ4n) is 3.07. The monoisotopic (exact) mass is 288 g/mol. The van der Waals surface area contributed by atoms with Crippen molar-refractivity contribution in [1.82, 2.24) is 14.3 Å². The third-order valence-corrected chi connectivity index (χ3v) is 4.03. The molecule has 2 aromatic rings. The SMILES string of the molecule is CC1CN(C)CCCN1c1nc2ccccn2c1C(=O)O. The van der Waals surface area contributed by atoms with Crippen molar-refractivity contribution in [2.24, 2.45) is 0 Å². The van der Waals surface area contributed by atoms with E-state index in [0.29, 0.717) is 11.5 Å². The summed E-state index contributed by atoms with van der Waals surface area (Å²) in [6, 6.07) is 5.77. The first kappa shape index (κ1) is 13.9. The van der Waals surface area contributed by atoms with Crippen LogP contribution in [0.4, 0.5) is 5.82 Å². The molecule has 6 nitrogen and oxygen atoms in total. The van der Waals surface area contributed by atoms with E-state index in [1.807, 2.05) is 18.2 Å². The van der Waals surface area contributed by atoms with E-state index in [4.69, 9.17) is 0 Å². The van der Waals surface area contributed by atoms with Gasteiger partial charge >= 0.3 is 5.97 Å². The number of aromatic nitrogens is 2. The molecule has 6 heteroatoms. The van der Waals surface area contributed by atoms with Crippen LogP contribution in [0.1, 0.15) is 23.8 Å².